The first-order valence-electron chi connectivity index (χ1n) is 5.23. The molecule has 2 rings (SSSR count). The van der Waals surface area contributed by atoms with Crippen molar-refractivity contribution in [2.45, 2.75) is 12.6 Å². The molecule has 1 aliphatic heterocycles. The van der Waals surface area contributed by atoms with Gasteiger partial charge in [0.05, 0.1) is 6.04 Å². The molecular formula is C11H14ClN3O. The summed E-state index contributed by atoms with van der Waals surface area (Å²) < 4.78 is 0. The number of benzene rings is 1. The third-order valence-corrected chi connectivity index (χ3v) is 2.69. The van der Waals surface area contributed by atoms with E-state index in [1.165, 1.54) is 0 Å². The summed E-state index contributed by atoms with van der Waals surface area (Å²) in [5, 5.41) is 9.42. The lowest BCUT2D eigenvalue weighted by molar-refractivity contribution is 0.231. The Bertz CT molecular complexity index is 379. The number of halogens is 1. The zero-order valence-electron chi connectivity index (χ0n) is 8.79. The van der Waals surface area contributed by atoms with Crippen LogP contribution in [0.5, 0.6) is 0 Å². The predicted octanol–water partition coefficient (Wildman–Crippen LogP) is 1.11. The third kappa shape index (κ3) is 3.12. The number of hydrogen-bond donors (Lipinski definition) is 3. The van der Waals surface area contributed by atoms with Crippen molar-refractivity contribution in [2.75, 3.05) is 13.1 Å². The zero-order chi connectivity index (χ0) is 11.4. The zero-order valence-corrected chi connectivity index (χ0v) is 9.55. The topological polar surface area (TPSA) is 53.2 Å². The van der Waals surface area contributed by atoms with Crippen molar-refractivity contribution >= 4 is 17.6 Å². The van der Waals surface area contributed by atoms with Gasteiger partial charge in [-0.15, -0.1) is 0 Å². The van der Waals surface area contributed by atoms with Crippen LogP contribution in [0.2, 0.25) is 5.02 Å². The van der Waals surface area contributed by atoms with Crippen LogP contribution in [0.15, 0.2) is 24.3 Å². The fourth-order valence-electron chi connectivity index (χ4n) is 1.46. The van der Waals surface area contributed by atoms with E-state index in [0.29, 0.717) is 11.6 Å². The van der Waals surface area contributed by atoms with E-state index in [1.807, 2.05) is 24.3 Å². The molecule has 16 heavy (non-hydrogen) atoms. The number of nitrogens with one attached hydrogen (secondary N) is 3. The van der Waals surface area contributed by atoms with Gasteiger partial charge in [0.25, 0.3) is 0 Å². The Morgan fingerprint density at radius 1 is 1.50 bits per heavy atom. The third-order valence-electron chi connectivity index (χ3n) is 2.46. The summed E-state index contributed by atoms with van der Waals surface area (Å²) in [6, 6.07) is 7.58. The van der Waals surface area contributed by atoms with Crippen LogP contribution in [0.4, 0.5) is 4.79 Å². The minimum absolute atomic E-state index is 0.133. The van der Waals surface area contributed by atoms with Crippen molar-refractivity contribution < 1.29 is 4.79 Å². The second-order valence-corrected chi connectivity index (χ2v) is 4.25. The number of amides is 2. The normalized spacial score (nSPS) is 15.3. The Kier molecular flexibility index (Phi) is 3.64. The molecule has 0 bridgehead atoms. The van der Waals surface area contributed by atoms with E-state index in [0.717, 1.165) is 18.7 Å². The standard InChI is InChI=1S/C11H14ClN3O/c12-9-3-1-2-8(4-9)5-14-11(16)15-10-6-13-7-10/h1-4,10,13H,5-7H2,(H2,14,15,16). The molecule has 0 spiro atoms. The van der Waals surface area contributed by atoms with Crippen molar-refractivity contribution in [2.24, 2.45) is 0 Å². The second kappa shape index (κ2) is 5.18. The molecule has 2 amide bonds. The summed E-state index contributed by atoms with van der Waals surface area (Å²) in [6.07, 6.45) is 0. The Hall–Kier alpha value is -1.26. The average molecular weight is 240 g/mol. The summed E-state index contributed by atoms with van der Waals surface area (Å²) in [7, 11) is 0. The highest BCUT2D eigenvalue weighted by Gasteiger charge is 2.18. The highest BCUT2D eigenvalue weighted by molar-refractivity contribution is 6.30. The van der Waals surface area contributed by atoms with Crippen LogP contribution in [0, 0.1) is 0 Å². The minimum Gasteiger partial charge on any atom is -0.334 e. The molecule has 1 heterocycles. The second-order valence-electron chi connectivity index (χ2n) is 3.81. The van der Waals surface area contributed by atoms with Crippen LogP contribution in [0.3, 0.4) is 0 Å². The summed E-state index contributed by atoms with van der Waals surface area (Å²) in [4.78, 5) is 11.4. The van der Waals surface area contributed by atoms with Crippen LogP contribution < -0.4 is 16.0 Å². The molecule has 0 unspecified atom stereocenters. The molecule has 86 valence electrons. The molecule has 0 radical (unpaired) electrons. The molecule has 1 aromatic carbocycles. The molecule has 5 heteroatoms. The van der Waals surface area contributed by atoms with Crippen LogP contribution in [0.25, 0.3) is 0 Å². The molecule has 1 aromatic rings. The molecule has 1 saturated heterocycles. The number of rotatable bonds is 3. The molecule has 0 atom stereocenters. The van der Waals surface area contributed by atoms with Crippen molar-refractivity contribution in [1.82, 2.24) is 16.0 Å². The quantitative estimate of drug-likeness (QED) is 0.740. The van der Waals surface area contributed by atoms with Gasteiger partial charge in [0.1, 0.15) is 0 Å². The summed E-state index contributed by atoms with van der Waals surface area (Å²) in [6.45, 7) is 2.20. The van der Waals surface area contributed by atoms with Gasteiger partial charge in [-0.05, 0) is 17.7 Å². The van der Waals surface area contributed by atoms with Gasteiger partial charge in [0.15, 0.2) is 0 Å². The van der Waals surface area contributed by atoms with Crippen molar-refractivity contribution in [1.29, 1.82) is 0 Å². The Balaban J connectivity index is 1.75. The van der Waals surface area contributed by atoms with Crippen LogP contribution in [0.1, 0.15) is 5.56 Å². The van der Waals surface area contributed by atoms with E-state index in [1.54, 1.807) is 0 Å². The van der Waals surface area contributed by atoms with Gasteiger partial charge in [-0.1, -0.05) is 23.7 Å². The number of urea groups is 1. The first-order valence-corrected chi connectivity index (χ1v) is 5.61. The first kappa shape index (κ1) is 11.2. The molecule has 0 aliphatic carbocycles. The number of carbonyl (C=O) groups is 1. The Morgan fingerprint density at radius 3 is 2.94 bits per heavy atom. The van der Waals surface area contributed by atoms with Crippen LogP contribution in [-0.2, 0) is 6.54 Å². The largest absolute Gasteiger partial charge is 0.334 e. The maximum Gasteiger partial charge on any atom is 0.315 e. The van der Waals surface area contributed by atoms with Gasteiger partial charge in [0, 0.05) is 24.7 Å². The van der Waals surface area contributed by atoms with Crippen molar-refractivity contribution in [3.8, 4) is 0 Å². The van der Waals surface area contributed by atoms with E-state index in [4.69, 9.17) is 11.6 Å². The highest BCUT2D eigenvalue weighted by Crippen LogP contribution is 2.10. The maximum atomic E-state index is 11.4. The lowest BCUT2D eigenvalue weighted by Gasteiger charge is -2.27. The fraction of sp³-hybridized carbons (Fsp3) is 0.364. The first-order chi connectivity index (χ1) is 7.74. The molecular weight excluding hydrogens is 226 g/mol. The minimum atomic E-state index is -0.133. The van der Waals surface area contributed by atoms with E-state index < -0.39 is 0 Å². The Labute approximate surface area is 99.4 Å². The molecule has 0 saturated carbocycles. The van der Waals surface area contributed by atoms with Gasteiger partial charge < -0.3 is 16.0 Å². The van der Waals surface area contributed by atoms with Gasteiger partial charge >= 0.3 is 6.03 Å². The van der Waals surface area contributed by atoms with Crippen molar-refractivity contribution in [3.63, 3.8) is 0 Å². The van der Waals surface area contributed by atoms with Crippen LogP contribution in [-0.4, -0.2) is 25.2 Å². The monoisotopic (exact) mass is 239 g/mol. The lowest BCUT2D eigenvalue weighted by atomic mass is 10.2. The molecule has 1 aliphatic rings. The molecule has 4 nitrogen and oxygen atoms in total. The molecule has 0 aromatic heterocycles. The summed E-state index contributed by atoms with van der Waals surface area (Å²) in [5.41, 5.74) is 0.995. The summed E-state index contributed by atoms with van der Waals surface area (Å²) >= 11 is 5.84. The van der Waals surface area contributed by atoms with Crippen LogP contribution >= 0.6 is 11.6 Å². The average Bonchev–Trinajstić information content (AvgIpc) is 2.21. The number of carbonyl (C=O) groups excluding carboxylic acids is 1. The van der Waals surface area contributed by atoms with Gasteiger partial charge in [-0.2, -0.15) is 0 Å². The SMILES string of the molecule is O=C(NCc1cccc(Cl)c1)NC1CNC1. The molecule has 3 N–H and O–H groups in total. The Morgan fingerprint density at radius 2 is 2.31 bits per heavy atom. The van der Waals surface area contributed by atoms with Crippen molar-refractivity contribution in [3.05, 3.63) is 34.9 Å². The van der Waals surface area contributed by atoms with E-state index in [-0.39, 0.29) is 12.1 Å². The fourth-order valence-corrected chi connectivity index (χ4v) is 1.67. The van der Waals surface area contributed by atoms with E-state index in [2.05, 4.69) is 16.0 Å². The maximum absolute atomic E-state index is 11.4. The van der Waals surface area contributed by atoms with E-state index >= 15 is 0 Å². The number of hydrogen-bond acceptors (Lipinski definition) is 2. The van der Waals surface area contributed by atoms with Gasteiger partial charge in [-0.25, -0.2) is 4.79 Å². The predicted molar refractivity (Wildman–Crippen MR) is 63.5 cm³/mol. The summed E-state index contributed by atoms with van der Waals surface area (Å²) in [5.74, 6) is 0. The van der Waals surface area contributed by atoms with Gasteiger partial charge in [0.2, 0.25) is 0 Å². The van der Waals surface area contributed by atoms with Gasteiger partial charge in [-0.3, -0.25) is 0 Å². The lowest BCUT2D eigenvalue weighted by Crippen LogP contribution is -2.58. The smallest absolute Gasteiger partial charge is 0.315 e. The van der Waals surface area contributed by atoms with E-state index in [9.17, 15) is 4.79 Å². The highest BCUT2D eigenvalue weighted by atomic mass is 35.5. The molecule has 1 fully saturated rings.